The highest BCUT2D eigenvalue weighted by atomic mass is 16.1. The summed E-state index contributed by atoms with van der Waals surface area (Å²) in [5.41, 5.74) is 2.04. The Balaban J connectivity index is 2.40. The molecule has 0 aliphatic rings. The van der Waals surface area contributed by atoms with Crippen molar-refractivity contribution in [3.63, 3.8) is 0 Å². The molecule has 0 aliphatic carbocycles. The Kier molecular flexibility index (Phi) is 4.34. The van der Waals surface area contributed by atoms with E-state index in [9.17, 15) is 9.59 Å². The van der Waals surface area contributed by atoms with E-state index in [0.29, 0.717) is 29.0 Å². The second-order valence-electron chi connectivity index (χ2n) is 3.99. The van der Waals surface area contributed by atoms with Crippen molar-refractivity contribution in [2.75, 3.05) is 0 Å². The van der Waals surface area contributed by atoms with E-state index in [1.165, 1.54) is 0 Å². The third-order valence-electron chi connectivity index (χ3n) is 2.78. The van der Waals surface area contributed by atoms with Gasteiger partial charge in [0.25, 0.3) is 0 Å². The van der Waals surface area contributed by atoms with Gasteiger partial charge in [-0.3, -0.25) is 19.0 Å². The van der Waals surface area contributed by atoms with Crippen molar-refractivity contribution in [3.05, 3.63) is 59.7 Å². The van der Waals surface area contributed by atoms with E-state index in [4.69, 9.17) is 0 Å². The average molecular weight is 267 g/mol. The van der Waals surface area contributed by atoms with E-state index in [1.807, 2.05) is 6.08 Å². The molecule has 2 aromatic heterocycles. The number of aldehydes is 2. The van der Waals surface area contributed by atoms with Gasteiger partial charge >= 0.3 is 0 Å². The Labute approximate surface area is 116 Å². The lowest BCUT2D eigenvalue weighted by Gasteiger charge is -1.96. The summed E-state index contributed by atoms with van der Waals surface area (Å²) in [6.07, 6.45) is 10.6. The van der Waals surface area contributed by atoms with Gasteiger partial charge in [-0.15, -0.1) is 0 Å². The number of rotatable bonds is 6. The number of carbonyl (C=O) groups excluding carboxylic acids is 2. The van der Waals surface area contributed by atoms with Gasteiger partial charge in [0.1, 0.15) is 11.3 Å². The van der Waals surface area contributed by atoms with Crippen LogP contribution in [0.5, 0.6) is 0 Å². The van der Waals surface area contributed by atoms with Crippen molar-refractivity contribution in [3.8, 4) is 0 Å². The maximum Gasteiger partial charge on any atom is 0.168 e. The van der Waals surface area contributed by atoms with Crippen molar-refractivity contribution < 1.29 is 9.59 Å². The lowest BCUT2D eigenvalue weighted by Crippen LogP contribution is -1.95. The zero-order valence-corrected chi connectivity index (χ0v) is 10.8. The summed E-state index contributed by atoms with van der Waals surface area (Å²) >= 11 is 0. The summed E-state index contributed by atoms with van der Waals surface area (Å²) in [6.45, 7) is 3.33. The van der Waals surface area contributed by atoms with E-state index in [1.54, 1.807) is 41.1 Å². The van der Waals surface area contributed by atoms with E-state index in [2.05, 4.69) is 16.7 Å². The van der Waals surface area contributed by atoms with Gasteiger partial charge in [0.05, 0.1) is 11.3 Å². The van der Waals surface area contributed by atoms with Crippen molar-refractivity contribution >= 4 is 24.9 Å². The van der Waals surface area contributed by atoms with Gasteiger partial charge in [-0.05, 0) is 24.9 Å². The summed E-state index contributed by atoms with van der Waals surface area (Å²) in [5.74, 6) is 0. The molecule has 100 valence electrons. The van der Waals surface area contributed by atoms with Crippen LogP contribution in [0.15, 0.2) is 47.7 Å². The first kappa shape index (κ1) is 13.6. The molecule has 2 rings (SSSR count). The third kappa shape index (κ3) is 2.61. The number of hydrogen-bond acceptors (Lipinski definition) is 4. The minimum atomic E-state index is 0.458. The molecule has 0 aliphatic heterocycles. The monoisotopic (exact) mass is 267 g/mol. The largest absolute Gasteiger partial charge is 0.298 e. The smallest absolute Gasteiger partial charge is 0.168 e. The molecule has 0 saturated carbocycles. The van der Waals surface area contributed by atoms with Crippen LogP contribution in [0.25, 0.3) is 5.65 Å². The van der Waals surface area contributed by atoms with Gasteiger partial charge in [-0.1, -0.05) is 12.2 Å². The molecule has 0 bridgehead atoms. The Morgan fingerprint density at radius 3 is 2.85 bits per heavy atom. The van der Waals surface area contributed by atoms with E-state index < -0.39 is 0 Å². The molecule has 0 N–H and O–H groups in total. The molecule has 0 aromatic carbocycles. The van der Waals surface area contributed by atoms with Gasteiger partial charge in [0.15, 0.2) is 12.6 Å². The van der Waals surface area contributed by atoms with Gasteiger partial charge < -0.3 is 0 Å². The zero-order valence-electron chi connectivity index (χ0n) is 10.8. The highest BCUT2D eigenvalue weighted by Gasteiger charge is 2.12. The fraction of sp³-hybridized carbons (Fsp3) is 0.0667. The number of aliphatic imine (C=N–C) groups is 1. The van der Waals surface area contributed by atoms with E-state index >= 15 is 0 Å². The number of allylic oxidation sites excluding steroid dienone is 3. The zero-order chi connectivity index (χ0) is 14.4. The first-order valence-electron chi connectivity index (χ1n) is 5.99. The summed E-state index contributed by atoms with van der Waals surface area (Å²) in [7, 11) is 0. The Bertz CT molecular complexity index is 711. The summed E-state index contributed by atoms with van der Waals surface area (Å²) < 4.78 is 1.63. The van der Waals surface area contributed by atoms with Crippen molar-refractivity contribution in [2.45, 2.75) is 6.42 Å². The number of nitrogens with zero attached hydrogens (tertiary/aromatic N) is 3. The SMILES string of the molecule is C=N/C=C\C=C/Cc1nc2c(C=O)cccn2c1C=O. The van der Waals surface area contributed by atoms with Crippen LogP contribution in [-0.4, -0.2) is 28.7 Å². The lowest BCUT2D eigenvalue weighted by molar-refractivity contribution is 0.111. The second kappa shape index (κ2) is 6.38. The van der Waals surface area contributed by atoms with Crippen LogP contribution in [0.1, 0.15) is 26.5 Å². The number of carbonyl (C=O) groups is 2. The molecule has 0 amide bonds. The number of fused-ring (bicyclic) bond motifs is 1. The molecule has 0 saturated heterocycles. The Hall–Kier alpha value is -2.82. The molecule has 0 atom stereocenters. The molecule has 0 unspecified atom stereocenters. The van der Waals surface area contributed by atoms with Crippen molar-refractivity contribution in [1.29, 1.82) is 0 Å². The van der Waals surface area contributed by atoms with Crippen molar-refractivity contribution in [2.24, 2.45) is 4.99 Å². The predicted molar refractivity (Wildman–Crippen MR) is 77.5 cm³/mol. The molecule has 2 aromatic rings. The molecule has 0 radical (unpaired) electrons. The van der Waals surface area contributed by atoms with Crippen LogP contribution in [0.3, 0.4) is 0 Å². The highest BCUT2D eigenvalue weighted by molar-refractivity contribution is 5.86. The van der Waals surface area contributed by atoms with Crippen LogP contribution >= 0.6 is 0 Å². The normalized spacial score (nSPS) is 11.4. The number of hydrogen-bond donors (Lipinski definition) is 0. The van der Waals surface area contributed by atoms with E-state index in [-0.39, 0.29) is 0 Å². The number of pyridine rings is 1. The molecule has 2 heterocycles. The first-order chi connectivity index (χ1) is 9.81. The molecular formula is C15H13N3O2. The standard InChI is InChI=1S/C15H13N3O2/c1-16-8-4-2-3-7-13-14(11-20)18-9-5-6-12(10-19)15(18)17-13/h2-6,8-11H,1,7H2/b3-2-,8-4-. The predicted octanol–water partition coefficient (Wildman–Crippen LogP) is 2.27. The van der Waals surface area contributed by atoms with Crippen LogP contribution in [0.4, 0.5) is 0 Å². The third-order valence-corrected chi connectivity index (χ3v) is 2.78. The minimum Gasteiger partial charge on any atom is -0.298 e. The number of aromatic nitrogens is 2. The maximum atomic E-state index is 11.2. The molecule has 0 fully saturated rings. The van der Waals surface area contributed by atoms with Crippen LogP contribution in [0.2, 0.25) is 0 Å². The minimum absolute atomic E-state index is 0.458. The Morgan fingerprint density at radius 1 is 1.30 bits per heavy atom. The topological polar surface area (TPSA) is 63.8 Å². The summed E-state index contributed by atoms with van der Waals surface area (Å²) in [4.78, 5) is 30.1. The van der Waals surface area contributed by atoms with Crippen LogP contribution in [-0.2, 0) is 6.42 Å². The molecule has 5 heteroatoms. The number of imidazole rings is 1. The first-order valence-corrected chi connectivity index (χ1v) is 5.99. The van der Waals surface area contributed by atoms with E-state index in [0.717, 1.165) is 12.6 Å². The molecule has 20 heavy (non-hydrogen) atoms. The highest BCUT2D eigenvalue weighted by Crippen LogP contribution is 2.15. The van der Waals surface area contributed by atoms with Crippen LogP contribution in [0, 0.1) is 0 Å². The molecule has 0 spiro atoms. The fourth-order valence-electron chi connectivity index (χ4n) is 1.89. The van der Waals surface area contributed by atoms with Crippen LogP contribution < -0.4 is 0 Å². The molecule has 5 nitrogen and oxygen atoms in total. The molecular weight excluding hydrogens is 254 g/mol. The fourth-order valence-corrected chi connectivity index (χ4v) is 1.89. The van der Waals surface area contributed by atoms with Gasteiger partial charge in [-0.25, -0.2) is 4.98 Å². The van der Waals surface area contributed by atoms with Crippen molar-refractivity contribution in [1.82, 2.24) is 9.38 Å². The summed E-state index contributed by atoms with van der Waals surface area (Å²) in [5, 5.41) is 0. The summed E-state index contributed by atoms with van der Waals surface area (Å²) in [6, 6.07) is 3.38. The van der Waals surface area contributed by atoms with Gasteiger partial charge in [-0.2, -0.15) is 0 Å². The quantitative estimate of drug-likeness (QED) is 0.458. The van der Waals surface area contributed by atoms with Gasteiger partial charge in [0, 0.05) is 18.8 Å². The van der Waals surface area contributed by atoms with Gasteiger partial charge in [0.2, 0.25) is 0 Å². The Morgan fingerprint density at radius 2 is 2.15 bits per heavy atom. The average Bonchev–Trinajstić information content (AvgIpc) is 2.84. The maximum absolute atomic E-state index is 11.2. The second-order valence-corrected chi connectivity index (χ2v) is 3.99. The lowest BCUT2D eigenvalue weighted by atomic mass is 10.2.